The van der Waals surface area contributed by atoms with Crippen LogP contribution in [0.2, 0.25) is 0 Å². The third-order valence-electron chi connectivity index (χ3n) is 3.22. The first kappa shape index (κ1) is 13.2. The van der Waals surface area contributed by atoms with E-state index in [0.717, 1.165) is 23.1 Å². The van der Waals surface area contributed by atoms with Gasteiger partial charge in [0.2, 0.25) is 24.7 Å². The van der Waals surface area contributed by atoms with Gasteiger partial charge in [0.05, 0.1) is 22.1 Å². The van der Waals surface area contributed by atoms with E-state index >= 15 is 0 Å². The summed E-state index contributed by atoms with van der Waals surface area (Å²) in [5.74, 6) is 0.336. The number of aromatic nitrogens is 1. The van der Waals surface area contributed by atoms with Crippen molar-refractivity contribution in [3.05, 3.63) is 24.3 Å². The van der Waals surface area contributed by atoms with Crippen LogP contribution in [0.4, 0.5) is 0 Å². The second-order valence-corrected chi connectivity index (χ2v) is 8.20. The van der Waals surface area contributed by atoms with Crippen LogP contribution in [0.1, 0.15) is 12.8 Å². The van der Waals surface area contributed by atoms with Gasteiger partial charge in [0.1, 0.15) is 0 Å². The number of benzene rings is 1. The van der Waals surface area contributed by atoms with Gasteiger partial charge in [-0.2, -0.15) is 0 Å². The highest BCUT2D eigenvalue weighted by Crippen LogP contribution is 2.36. The molecular formula is C12H12NO3S2Si. The largest absolute Gasteiger partial charge is 0.414 e. The second kappa shape index (κ2) is 4.97. The lowest BCUT2D eigenvalue weighted by molar-refractivity contribution is 0.220. The number of rotatable bonds is 5. The van der Waals surface area contributed by atoms with E-state index in [9.17, 15) is 8.42 Å². The molecule has 1 heterocycles. The van der Waals surface area contributed by atoms with Crippen molar-refractivity contribution < 1.29 is 12.8 Å². The molecule has 0 N–H and O–H groups in total. The molecule has 1 unspecified atom stereocenters. The van der Waals surface area contributed by atoms with Crippen LogP contribution in [0.25, 0.3) is 10.2 Å². The number of thiazole rings is 1. The molecular weight excluding hydrogens is 298 g/mol. The Kier molecular flexibility index (Phi) is 3.46. The minimum atomic E-state index is -3.39. The average molecular weight is 310 g/mol. The molecule has 1 atom stereocenters. The van der Waals surface area contributed by atoms with Crippen molar-refractivity contribution in [2.24, 2.45) is 5.92 Å². The molecule has 1 aromatic heterocycles. The van der Waals surface area contributed by atoms with E-state index in [1.807, 2.05) is 24.3 Å². The first-order valence-electron chi connectivity index (χ1n) is 6.01. The van der Waals surface area contributed by atoms with Crippen LogP contribution in [0, 0.1) is 5.92 Å². The summed E-state index contributed by atoms with van der Waals surface area (Å²) in [4.78, 5) is 4.21. The van der Waals surface area contributed by atoms with Crippen LogP contribution in [0.5, 0.6) is 0 Å². The monoisotopic (exact) mass is 310 g/mol. The molecule has 0 aliphatic heterocycles. The fourth-order valence-corrected chi connectivity index (χ4v) is 5.23. The van der Waals surface area contributed by atoms with Gasteiger partial charge >= 0.3 is 0 Å². The van der Waals surface area contributed by atoms with E-state index in [0.29, 0.717) is 5.92 Å². The van der Waals surface area contributed by atoms with Gasteiger partial charge in [0, 0.05) is 0 Å². The van der Waals surface area contributed by atoms with Gasteiger partial charge in [-0.15, -0.1) is 11.3 Å². The Morgan fingerprint density at radius 3 is 2.79 bits per heavy atom. The zero-order chi connectivity index (χ0) is 13.5. The summed E-state index contributed by atoms with van der Waals surface area (Å²) >= 11 is 1.22. The summed E-state index contributed by atoms with van der Waals surface area (Å²) < 4.78 is 30.9. The van der Waals surface area contributed by atoms with Crippen LogP contribution < -0.4 is 0 Å². The summed E-state index contributed by atoms with van der Waals surface area (Å²) in [6.07, 6.45) is 1.78. The molecule has 3 radical (unpaired) electrons. The van der Waals surface area contributed by atoms with Gasteiger partial charge in [-0.3, -0.25) is 0 Å². The first-order valence-corrected chi connectivity index (χ1v) is 8.88. The third kappa shape index (κ3) is 2.74. The van der Waals surface area contributed by atoms with Crippen LogP contribution in [0.3, 0.4) is 0 Å². The second-order valence-electron chi connectivity index (χ2n) is 4.72. The minimum Gasteiger partial charge on any atom is -0.414 e. The zero-order valence-corrected chi connectivity index (χ0v) is 12.7. The average Bonchev–Trinajstić information content (AvgIpc) is 3.13. The molecule has 4 nitrogen and oxygen atoms in total. The summed E-state index contributed by atoms with van der Waals surface area (Å²) in [6.45, 7) is 0. The van der Waals surface area contributed by atoms with Gasteiger partial charge in [-0.05, 0) is 30.9 Å². The van der Waals surface area contributed by atoms with Gasteiger partial charge in [0.25, 0.3) is 0 Å². The van der Waals surface area contributed by atoms with Crippen LogP contribution in [-0.4, -0.2) is 35.7 Å². The summed E-state index contributed by atoms with van der Waals surface area (Å²) in [7, 11) is -0.402. The maximum Gasteiger partial charge on any atom is 0.246 e. The topological polar surface area (TPSA) is 56.3 Å². The zero-order valence-electron chi connectivity index (χ0n) is 10.1. The van der Waals surface area contributed by atoms with Crippen molar-refractivity contribution >= 4 is 41.9 Å². The fraction of sp³-hybridized carbons (Fsp3) is 0.417. The van der Waals surface area contributed by atoms with Gasteiger partial charge in [-0.25, -0.2) is 13.4 Å². The van der Waals surface area contributed by atoms with Crippen molar-refractivity contribution in [1.29, 1.82) is 0 Å². The lowest BCUT2D eigenvalue weighted by Crippen LogP contribution is -2.25. The van der Waals surface area contributed by atoms with Crippen LogP contribution in [-0.2, 0) is 14.3 Å². The van der Waals surface area contributed by atoms with E-state index in [2.05, 4.69) is 15.5 Å². The summed E-state index contributed by atoms with van der Waals surface area (Å²) in [5.41, 5.74) is 0.730. The Bertz CT molecular complexity index is 661. The molecule has 3 rings (SSSR count). The lowest BCUT2D eigenvalue weighted by atomic mass is 10.3. The normalized spacial score (nSPS) is 17.7. The van der Waals surface area contributed by atoms with Gasteiger partial charge < -0.3 is 4.43 Å². The van der Waals surface area contributed by atoms with E-state index in [1.54, 1.807) is 0 Å². The quantitative estimate of drug-likeness (QED) is 0.792. The molecule has 1 aromatic carbocycles. The highest BCUT2D eigenvalue weighted by Gasteiger charge is 2.35. The van der Waals surface area contributed by atoms with Crippen molar-refractivity contribution in [2.45, 2.75) is 23.3 Å². The number of hydrogen-bond acceptors (Lipinski definition) is 5. The standard InChI is InChI=1S/C12H12NO3S2Si/c14-18(15,7-10(16-19)8-5-6-8)12-13-9-3-1-2-4-11(9)17-12/h1-4,8,10H,5-7H2. The number of nitrogens with zero attached hydrogens (tertiary/aromatic N) is 1. The fourth-order valence-electron chi connectivity index (χ4n) is 2.01. The van der Waals surface area contributed by atoms with Crippen molar-refractivity contribution in [2.75, 3.05) is 5.75 Å². The molecule has 7 heteroatoms. The van der Waals surface area contributed by atoms with Crippen LogP contribution >= 0.6 is 11.3 Å². The molecule has 1 aliphatic carbocycles. The van der Waals surface area contributed by atoms with Crippen LogP contribution in [0.15, 0.2) is 28.6 Å². The smallest absolute Gasteiger partial charge is 0.246 e. The van der Waals surface area contributed by atoms with Crippen molar-refractivity contribution in [1.82, 2.24) is 4.98 Å². The Morgan fingerprint density at radius 1 is 1.42 bits per heavy atom. The highest BCUT2D eigenvalue weighted by molar-refractivity contribution is 7.93. The highest BCUT2D eigenvalue weighted by atomic mass is 32.2. The molecule has 19 heavy (non-hydrogen) atoms. The number of para-hydroxylation sites is 1. The number of hydrogen-bond donors (Lipinski definition) is 0. The van der Waals surface area contributed by atoms with Gasteiger partial charge in [-0.1, -0.05) is 12.1 Å². The Balaban J connectivity index is 1.90. The number of fused-ring (bicyclic) bond motifs is 1. The Morgan fingerprint density at radius 2 is 2.16 bits per heavy atom. The number of sulfone groups is 1. The molecule has 0 saturated heterocycles. The molecule has 2 aromatic rings. The molecule has 1 fully saturated rings. The molecule has 0 spiro atoms. The predicted octanol–water partition coefficient (Wildman–Crippen LogP) is 1.95. The van der Waals surface area contributed by atoms with E-state index in [1.165, 1.54) is 11.3 Å². The van der Waals surface area contributed by atoms with E-state index < -0.39 is 9.84 Å². The Labute approximate surface area is 119 Å². The van der Waals surface area contributed by atoms with Crippen molar-refractivity contribution in [3.63, 3.8) is 0 Å². The third-order valence-corrected chi connectivity index (χ3v) is 6.76. The maximum atomic E-state index is 12.3. The molecule has 1 saturated carbocycles. The van der Waals surface area contributed by atoms with Gasteiger partial charge in [0.15, 0.2) is 0 Å². The Hall–Kier alpha value is -0.763. The minimum absolute atomic E-state index is 0.0129. The predicted molar refractivity (Wildman–Crippen MR) is 75.0 cm³/mol. The molecule has 1 aliphatic rings. The maximum absolute atomic E-state index is 12.3. The van der Waals surface area contributed by atoms with E-state index in [-0.39, 0.29) is 16.2 Å². The summed E-state index contributed by atoms with van der Waals surface area (Å²) in [6, 6.07) is 7.44. The van der Waals surface area contributed by atoms with Crippen molar-refractivity contribution in [3.8, 4) is 0 Å². The lowest BCUT2D eigenvalue weighted by Gasteiger charge is -2.13. The molecule has 0 bridgehead atoms. The molecule has 0 amide bonds. The molecule has 99 valence electrons. The van der Waals surface area contributed by atoms with E-state index in [4.69, 9.17) is 4.43 Å². The SMILES string of the molecule is O=S(=O)(CC(O[Si])C1CC1)c1nc2ccccc2s1. The first-order chi connectivity index (χ1) is 9.10. The summed E-state index contributed by atoms with van der Waals surface area (Å²) in [5, 5.41) is 0.